The summed E-state index contributed by atoms with van der Waals surface area (Å²) in [4.78, 5) is 2.36. The van der Waals surface area contributed by atoms with Crippen LogP contribution in [0, 0.1) is 0 Å². The molecule has 3 heteroatoms. The van der Waals surface area contributed by atoms with Crippen LogP contribution in [0.15, 0.2) is 0 Å². The zero-order valence-corrected chi connectivity index (χ0v) is 8.14. The second-order valence-electron chi connectivity index (χ2n) is 3.25. The molecule has 0 radical (unpaired) electrons. The van der Waals surface area contributed by atoms with Gasteiger partial charge < -0.3 is 4.90 Å². The third-order valence-corrected chi connectivity index (χ3v) is 2.90. The maximum atomic E-state index is 6.01. The average Bonchev–Trinajstić information content (AvgIpc) is 2.05. The van der Waals surface area contributed by atoms with E-state index >= 15 is 0 Å². The molecule has 0 aromatic carbocycles. The normalized spacial score (nSPS) is 22.9. The number of likely N-dealkylation sites (tertiary alicyclic amines) is 1. The molecule has 2 nitrogen and oxygen atoms in total. The Kier molecular flexibility index (Phi) is 3.63. The Labute approximate surface area is 74.2 Å². The summed E-state index contributed by atoms with van der Waals surface area (Å²) in [5, 5.41) is 0. The molecular formula is C8H17ClN2. The summed E-state index contributed by atoms with van der Waals surface area (Å²) in [6.07, 6.45) is 2.43. The highest BCUT2D eigenvalue weighted by molar-refractivity contribution is 6.13. The molecule has 0 bridgehead atoms. The fraction of sp³-hybridized carbons (Fsp3) is 1.00. The van der Waals surface area contributed by atoms with Gasteiger partial charge in [0.25, 0.3) is 0 Å². The van der Waals surface area contributed by atoms with Gasteiger partial charge in [0.2, 0.25) is 0 Å². The fourth-order valence-electron chi connectivity index (χ4n) is 1.53. The highest BCUT2D eigenvalue weighted by atomic mass is 35.5. The topological polar surface area (TPSA) is 6.48 Å². The lowest BCUT2D eigenvalue weighted by Crippen LogP contribution is -2.39. The van der Waals surface area contributed by atoms with Gasteiger partial charge in [-0.15, -0.1) is 0 Å². The molecule has 0 unspecified atom stereocenters. The van der Waals surface area contributed by atoms with Crippen molar-refractivity contribution >= 4 is 11.8 Å². The summed E-state index contributed by atoms with van der Waals surface area (Å²) in [6.45, 7) is 5.43. The van der Waals surface area contributed by atoms with E-state index in [1.54, 1.807) is 0 Å². The quantitative estimate of drug-likeness (QED) is 0.590. The molecule has 0 spiro atoms. The van der Waals surface area contributed by atoms with Gasteiger partial charge in [-0.25, -0.2) is 4.42 Å². The third-order valence-electron chi connectivity index (χ3n) is 2.39. The van der Waals surface area contributed by atoms with Crippen molar-refractivity contribution in [1.29, 1.82) is 0 Å². The first-order chi connectivity index (χ1) is 5.24. The largest absolute Gasteiger partial charge is 0.306 e. The van der Waals surface area contributed by atoms with Gasteiger partial charge in [0.1, 0.15) is 0 Å². The minimum absolute atomic E-state index is 0.609. The highest BCUT2D eigenvalue weighted by Crippen LogP contribution is 2.16. The van der Waals surface area contributed by atoms with Crippen LogP contribution >= 0.6 is 11.8 Å². The summed E-state index contributed by atoms with van der Waals surface area (Å²) in [5.74, 6) is 0. The molecule has 0 atom stereocenters. The van der Waals surface area contributed by atoms with Crippen molar-refractivity contribution in [2.24, 2.45) is 0 Å². The summed E-state index contributed by atoms with van der Waals surface area (Å²) < 4.78 is 1.94. The molecule has 0 N–H and O–H groups in total. The van der Waals surface area contributed by atoms with Crippen molar-refractivity contribution < 1.29 is 0 Å². The van der Waals surface area contributed by atoms with Gasteiger partial charge in [-0.1, -0.05) is 6.92 Å². The standard InChI is InChI=1S/C8H17ClN2/c1-3-11(9)8-4-6-10(2)7-5-8/h8H,3-7H2,1-2H3. The van der Waals surface area contributed by atoms with Gasteiger partial charge in [-0.3, -0.25) is 0 Å². The van der Waals surface area contributed by atoms with E-state index in [9.17, 15) is 0 Å². The van der Waals surface area contributed by atoms with Crippen molar-refractivity contribution in [2.45, 2.75) is 25.8 Å². The first kappa shape index (κ1) is 9.30. The van der Waals surface area contributed by atoms with E-state index in [1.165, 1.54) is 25.9 Å². The van der Waals surface area contributed by atoms with Crippen molar-refractivity contribution in [3.63, 3.8) is 0 Å². The lowest BCUT2D eigenvalue weighted by atomic mass is 10.1. The third kappa shape index (κ3) is 2.62. The van der Waals surface area contributed by atoms with Gasteiger partial charge in [-0.2, -0.15) is 0 Å². The number of rotatable bonds is 2. The lowest BCUT2D eigenvalue weighted by Gasteiger charge is -2.32. The molecule has 0 aromatic rings. The predicted molar refractivity (Wildman–Crippen MR) is 48.8 cm³/mol. The Bertz CT molecular complexity index is 111. The molecule has 1 aliphatic rings. The van der Waals surface area contributed by atoms with Crippen LogP contribution in [-0.2, 0) is 0 Å². The Hall–Kier alpha value is 0.210. The van der Waals surface area contributed by atoms with Crippen molar-refractivity contribution in [1.82, 2.24) is 9.32 Å². The van der Waals surface area contributed by atoms with Gasteiger partial charge in [-0.05, 0) is 44.8 Å². The maximum absolute atomic E-state index is 6.01. The van der Waals surface area contributed by atoms with E-state index in [1.807, 2.05) is 4.42 Å². The van der Waals surface area contributed by atoms with Crippen LogP contribution in [0.25, 0.3) is 0 Å². The molecule has 0 amide bonds. The number of nitrogens with zero attached hydrogens (tertiary/aromatic N) is 2. The number of piperidine rings is 1. The minimum atomic E-state index is 0.609. The predicted octanol–water partition coefficient (Wildman–Crippen LogP) is 1.56. The Morgan fingerprint density at radius 2 is 2.00 bits per heavy atom. The van der Waals surface area contributed by atoms with E-state index in [2.05, 4.69) is 18.9 Å². The molecule has 0 saturated carbocycles. The molecule has 1 saturated heterocycles. The zero-order chi connectivity index (χ0) is 8.27. The van der Waals surface area contributed by atoms with Crippen LogP contribution < -0.4 is 0 Å². The molecule has 66 valence electrons. The molecule has 0 aromatic heterocycles. The van der Waals surface area contributed by atoms with Gasteiger partial charge in [0.05, 0.1) is 0 Å². The highest BCUT2D eigenvalue weighted by Gasteiger charge is 2.20. The molecule has 1 fully saturated rings. The van der Waals surface area contributed by atoms with Gasteiger partial charge >= 0.3 is 0 Å². The van der Waals surface area contributed by atoms with Gasteiger partial charge in [0.15, 0.2) is 0 Å². The first-order valence-electron chi connectivity index (χ1n) is 4.35. The number of hydrogen-bond donors (Lipinski definition) is 0. The van der Waals surface area contributed by atoms with Crippen LogP contribution in [-0.4, -0.2) is 42.0 Å². The minimum Gasteiger partial charge on any atom is -0.306 e. The average molecular weight is 177 g/mol. The number of hydrogen-bond acceptors (Lipinski definition) is 2. The zero-order valence-electron chi connectivity index (χ0n) is 7.39. The molecule has 0 aliphatic carbocycles. The van der Waals surface area contributed by atoms with E-state index in [0.717, 1.165) is 6.54 Å². The maximum Gasteiger partial charge on any atom is 0.0275 e. The summed E-state index contributed by atoms with van der Waals surface area (Å²) >= 11 is 6.01. The molecular weight excluding hydrogens is 160 g/mol. The Morgan fingerprint density at radius 3 is 2.45 bits per heavy atom. The van der Waals surface area contributed by atoms with Crippen LogP contribution in [0.4, 0.5) is 0 Å². The summed E-state index contributed by atoms with van der Waals surface area (Å²) in [5.41, 5.74) is 0. The van der Waals surface area contributed by atoms with E-state index < -0.39 is 0 Å². The first-order valence-corrected chi connectivity index (χ1v) is 4.68. The van der Waals surface area contributed by atoms with Crippen molar-refractivity contribution in [3.05, 3.63) is 0 Å². The van der Waals surface area contributed by atoms with Crippen LogP contribution in [0.5, 0.6) is 0 Å². The van der Waals surface area contributed by atoms with E-state index in [0.29, 0.717) is 6.04 Å². The number of halogens is 1. The molecule has 11 heavy (non-hydrogen) atoms. The summed E-state index contributed by atoms with van der Waals surface area (Å²) in [6, 6.07) is 0.609. The Balaban J connectivity index is 2.27. The monoisotopic (exact) mass is 176 g/mol. The van der Waals surface area contributed by atoms with Crippen molar-refractivity contribution in [2.75, 3.05) is 26.7 Å². The fourth-order valence-corrected chi connectivity index (χ4v) is 1.73. The second-order valence-corrected chi connectivity index (χ2v) is 3.68. The Morgan fingerprint density at radius 1 is 1.45 bits per heavy atom. The van der Waals surface area contributed by atoms with Crippen LogP contribution in [0.2, 0.25) is 0 Å². The second kappa shape index (κ2) is 4.29. The molecule has 1 aliphatic heterocycles. The van der Waals surface area contributed by atoms with E-state index in [-0.39, 0.29) is 0 Å². The van der Waals surface area contributed by atoms with Crippen molar-refractivity contribution in [3.8, 4) is 0 Å². The van der Waals surface area contributed by atoms with Gasteiger partial charge in [0, 0.05) is 12.6 Å². The SMILES string of the molecule is CCN(Cl)C1CCN(C)CC1. The molecule has 1 heterocycles. The van der Waals surface area contributed by atoms with Crippen LogP contribution in [0.3, 0.4) is 0 Å². The van der Waals surface area contributed by atoms with Crippen LogP contribution in [0.1, 0.15) is 19.8 Å². The molecule has 1 rings (SSSR count). The van der Waals surface area contributed by atoms with E-state index in [4.69, 9.17) is 11.8 Å². The smallest absolute Gasteiger partial charge is 0.0275 e. The lowest BCUT2D eigenvalue weighted by molar-refractivity contribution is 0.190. The summed E-state index contributed by atoms with van der Waals surface area (Å²) in [7, 11) is 2.17.